The average molecular weight is 200 g/mol. The van der Waals surface area contributed by atoms with Crippen molar-refractivity contribution in [3.05, 3.63) is 0 Å². The number of rotatable bonds is 5. The van der Waals surface area contributed by atoms with Gasteiger partial charge in [-0.25, -0.2) is 0 Å². The summed E-state index contributed by atoms with van der Waals surface area (Å²) >= 11 is 0. The van der Waals surface area contributed by atoms with Crippen LogP contribution in [0.5, 0.6) is 0 Å². The molecule has 0 bridgehead atoms. The fourth-order valence-corrected chi connectivity index (χ4v) is 1.54. The molecule has 1 unspecified atom stereocenters. The first-order chi connectivity index (χ1) is 6.68. The van der Waals surface area contributed by atoms with Crippen molar-refractivity contribution in [3.63, 3.8) is 0 Å². The quantitative estimate of drug-likeness (QED) is 0.663. The zero-order chi connectivity index (χ0) is 10.4. The Morgan fingerprint density at radius 1 is 1.64 bits per heavy atom. The van der Waals surface area contributed by atoms with Gasteiger partial charge in [-0.2, -0.15) is 0 Å². The van der Waals surface area contributed by atoms with E-state index in [1.165, 1.54) is 0 Å². The van der Waals surface area contributed by atoms with E-state index in [-0.39, 0.29) is 18.6 Å². The lowest BCUT2D eigenvalue weighted by Crippen LogP contribution is -2.33. The van der Waals surface area contributed by atoms with Crippen LogP contribution in [-0.4, -0.2) is 38.3 Å². The van der Waals surface area contributed by atoms with Gasteiger partial charge in [-0.1, -0.05) is 0 Å². The number of hydrogen-bond acceptors (Lipinski definition) is 3. The molecule has 2 N–H and O–H groups in total. The minimum Gasteiger partial charge on any atom is -0.371 e. The van der Waals surface area contributed by atoms with Crippen LogP contribution in [0.15, 0.2) is 0 Å². The first-order valence-electron chi connectivity index (χ1n) is 5.26. The van der Waals surface area contributed by atoms with Gasteiger partial charge in [0, 0.05) is 12.6 Å². The van der Waals surface area contributed by atoms with Gasteiger partial charge in [0.25, 0.3) is 0 Å². The molecule has 14 heavy (non-hydrogen) atoms. The molecule has 1 heterocycles. The molecule has 0 saturated carbocycles. The fraction of sp³-hybridized carbons (Fsp3) is 0.900. The summed E-state index contributed by atoms with van der Waals surface area (Å²) in [7, 11) is 0. The lowest BCUT2D eigenvalue weighted by molar-refractivity contribution is -0.126. The third kappa shape index (κ3) is 4.58. The van der Waals surface area contributed by atoms with Crippen molar-refractivity contribution in [2.24, 2.45) is 5.92 Å². The van der Waals surface area contributed by atoms with Gasteiger partial charge in [0.2, 0.25) is 5.91 Å². The summed E-state index contributed by atoms with van der Waals surface area (Å²) in [6.45, 7) is 6.86. The van der Waals surface area contributed by atoms with Crippen LogP contribution in [0.1, 0.15) is 20.3 Å². The van der Waals surface area contributed by atoms with Gasteiger partial charge >= 0.3 is 0 Å². The minimum atomic E-state index is -0.0223. The van der Waals surface area contributed by atoms with E-state index in [1.54, 1.807) is 0 Å². The standard InChI is InChI=1S/C10H20N2O2/c1-8(2)12-10(13)7-14-6-9-3-4-11-5-9/h8-9,11H,3-7H2,1-2H3,(H,12,13). The maximum absolute atomic E-state index is 11.2. The molecule has 0 aromatic carbocycles. The van der Waals surface area contributed by atoms with E-state index in [4.69, 9.17) is 4.74 Å². The third-order valence-electron chi connectivity index (χ3n) is 2.20. The van der Waals surface area contributed by atoms with E-state index in [1.807, 2.05) is 13.8 Å². The van der Waals surface area contributed by atoms with Crippen molar-refractivity contribution in [2.75, 3.05) is 26.3 Å². The molecule has 1 fully saturated rings. The lowest BCUT2D eigenvalue weighted by atomic mass is 10.1. The van der Waals surface area contributed by atoms with E-state index < -0.39 is 0 Å². The van der Waals surface area contributed by atoms with E-state index >= 15 is 0 Å². The van der Waals surface area contributed by atoms with Crippen LogP contribution in [-0.2, 0) is 9.53 Å². The molecule has 0 aliphatic carbocycles. The van der Waals surface area contributed by atoms with E-state index in [9.17, 15) is 4.79 Å². The number of carbonyl (C=O) groups is 1. The number of amides is 1. The lowest BCUT2D eigenvalue weighted by Gasteiger charge is -2.11. The first-order valence-corrected chi connectivity index (χ1v) is 5.26. The second-order valence-corrected chi connectivity index (χ2v) is 4.10. The van der Waals surface area contributed by atoms with Gasteiger partial charge in [-0.3, -0.25) is 4.79 Å². The summed E-state index contributed by atoms with van der Waals surface area (Å²) in [5.41, 5.74) is 0. The van der Waals surface area contributed by atoms with Crippen LogP contribution in [0.2, 0.25) is 0 Å². The second kappa shape index (κ2) is 5.98. The molecule has 1 rings (SSSR count). The highest BCUT2D eigenvalue weighted by Crippen LogP contribution is 2.06. The summed E-state index contributed by atoms with van der Waals surface area (Å²) in [4.78, 5) is 11.2. The van der Waals surface area contributed by atoms with Crippen LogP contribution in [0.25, 0.3) is 0 Å². The summed E-state index contributed by atoms with van der Waals surface area (Å²) in [6.07, 6.45) is 1.16. The minimum absolute atomic E-state index is 0.0223. The Labute approximate surface area is 85.4 Å². The summed E-state index contributed by atoms with van der Waals surface area (Å²) in [5.74, 6) is 0.563. The number of nitrogens with one attached hydrogen (secondary N) is 2. The van der Waals surface area contributed by atoms with Gasteiger partial charge in [-0.15, -0.1) is 0 Å². The largest absolute Gasteiger partial charge is 0.371 e. The van der Waals surface area contributed by atoms with Crippen molar-refractivity contribution in [1.82, 2.24) is 10.6 Å². The number of hydrogen-bond donors (Lipinski definition) is 2. The molecule has 0 aromatic rings. The Morgan fingerprint density at radius 2 is 2.43 bits per heavy atom. The van der Waals surface area contributed by atoms with Crippen LogP contribution in [0.4, 0.5) is 0 Å². The van der Waals surface area contributed by atoms with Gasteiger partial charge in [0.1, 0.15) is 6.61 Å². The Balaban J connectivity index is 1.99. The molecule has 4 nitrogen and oxygen atoms in total. The van der Waals surface area contributed by atoms with Crippen molar-refractivity contribution < 1.29 is 9.53 Å². The van der Waals surface area contributed by atoms with Crippen LogP contribution in [0, 0.1) is 5.92 Å². The summed E-state index contributed by atoms with van der Waals surface area (Å²) < 4.78 is 5.33. The van der Waals surface area contributed by atoms with Crippen molar-refractivity contribution >= 4 is 5.91 Å². The Morgan fingerprint density at radius 3 is 3.00 bits per heavy atom. The van der Waals surface area contributed by atoms with E-state index in [2.05, 4.69) is 10.6 Å². The molecule has 0 radical (unpaired) electrons. The molecule has 0 spiro atoms. The Kier molecular flexibility index (Phi) is 4.90. The second-order valence-electron chi connectivity index (χ2n) is 4.10. The maximum Gasteiger partial charge on any atom is 0.246 e. The SMILES string of the molecule is CC(C)NC(=O)COCC1CCNC1. The summed E-state index contributed by atoms with van der Waals surface area (Å²) in [5, 5.41) is 6.05. The highest BCUT2D eigenvalue weighted by atomic mass is 16.5. The van der Waals surface area contributed by atoms with E-state index in [0.29, 0.717) is 12.5 Å². The smallest absolute Gasteiger partial charge is 0.246 e. The number of ether oxygens (including phenoxy) is 1. The summed E-state index contributed by atoms with van der Waals surface area (Å²) in [6, 6.07) is 0.194. The highest BCUT2D eigenvalue weighted by molar-refractivity contribution is 5.77. The van der Waals surface area contributed by atoms with Crippen molar-refractivity contribution in [1.29, 1.82) is 0 Å². The molecule has 1 atom stereocenters. The molecule has 1 aliphatic rings. The third-order valence-corrected chi connectivity index (χ3v) is 2.20. The zero-order valence-electron chi connectivity index (χ0n) is 9.01. The van der Waals surface area contributed by atoms with Crippen molar-refractivity contribution in [2.45, 2.75) is 26.3 Å². The Hall–Kier alpha value is -0.610. The predicted molar refractivity (Wildman–Crippen MR) is 55.1 cm³/mol. The predicted octanol–water partition coefficient (Wildman–Crippen LogP) is 0.137. The first kappa shape index (κ1) is 11.5. The zero-order valence-corrected chi connectivity index (χ0v) is 9.01. The molecule has 1 aliphatic heterocycles. The molecule has 1 amide bonds. The average Bonchev–Trinajstić information content (AvgIpc) is 2.55. The maximum atomic E-state index is 11.2. The number of carbonyl (C=O) groups excluding carboxylic acids is 1. The van der Waals surface area contributed by atoms with Gasteiger partial charge in [0.05, 0.1) is 6.61 Å². The van der Waals surface area contributed by atoms with Crippen molar-refractivity contribution in [3.8, 4) is 0 Å². The molecule has 1 saturated heterocycles. The Bertz CT molecular complexity index is 177. The monoisotopic (exact) mass is 200 g/mol. The van der Waals surface area contributed by atoms with Crippen LogP contribution in [0.3, 0.4) is 0 Å². The van der Waals surface area contributed by atoms with Gasteiger partial charge in [0.15, 0.2) is 0 Å². The molecule has 82 valence electrons. The van der Waals surface area contributed by atoms with Gasteiger partial charge < -0.3 is 15.4 Å². The van der Waals surface area contributed by atoms with Gasteiger partial charge in [-0.05, 0) is 32.7 Å². The highest BCUT2D eigenvalue weighted by Gasteiger charge is 2.14. The molecular formula is C10H20N2O2. The molecule has 4 heteroatoms. The van der Waals surface area contributed by atoms with Crippen LogP contribution >= 0.6 is 0 Å². The topological polar surface area (TPSA) is 50.4 Å². The van der Waals surface area contributed by atoms with E-state index in [0.717, 1.165) is 19.5 Å². The normalized spacial score (nSPS) is 21.5. The van der Waals surface area contributed by atoms with Crippen LogP contribution < -0.4 is 10.6 Å². The molecule has 0 aromatic heterocycles. The fourth-order valence-electron chi connectivity index (χ4n) is 1.54. The molecular weight excluding hydrogens is 180 g/mol.